The van der Waals surface area contributed by atoms with Gasteiger partial charge in [-0.1, -0.05) is 6.07 Å². The summed E-state index contributed by atoms with van der Waals surface area (Å²) >= 11 is 0. The predicted molar refractivity (Wildman–Crippen MR) is 155 cm³/mol. The Labute approximate surface area is 235 Å². The average Bonchev–Trinajstić information content (AvgIpc) is 3.29. The number of carbonyl (C=O) groups excluding carboxylic acids is 2. The first-order valence-corrected chi connectivity index (χ1v) is 13.4. The van der Waals surface area contributed by atoms with Gasteiger partial charge >= 0.3 is 6.09 Å². The van der Waals surface area contributed by atoms with Gasteiger partial charge in [0.25, 0.3) is 0 Å². The Kier molecular flexibility index (Phi) is 8.37. The van der Waals surface area contributed by atoms with Crippen LogP contribution < -0.4 is 20.1 Å². The summed E-state index contributed by atoms with van der Waals surface area (Å²) in [5.41, 5.74) is 4.32. The van der Waals surface area contributed by atoms with Crippen LogP contribution in [0.5, 0.6) is 11.5 Å². The first kappa shape index (κ1) is 28.9. The highest BCUT2D eigenvalue weighted by Crippen LogP contribution is 2.39. The second kappa shape index (κ2) is 11.6. The van der Waals surface area contributed by atoms with Crippen LogP contribution in [0, 0.1) is 13.8 Å². The number of nitrogens with one attached hydrogen (secondary N) is 2. The summed E-state index contributed by atoms with van der Waals surface area (Å²) in [6, 6.07) is 7.68. The van der Waals surface area contributed by atoms with E-state index >= 15 is 0 Å². The van der Waals surface area contributed by atoms with Gasteiger partial charge in [-0.2, -0.15) is 0 Å². The molecular weight excluding hydrogens is 510 g/mol. The molecular formula is C30H39N5O5. The number of anilines is 1. The third kappa shape index (κ3) is 6.38. The zero-order valence-electron chi connectivity index (χ0n) is 24.5. The molecule has 2 unspecified atom stereocenters. The number of fused-ring (bicyclic) bond motifs is 1. The lowest BCUT2D eigenvalue weighted by atomic mass is 9.93. The van der Waals surface area contributed by atoms with E-state index in [9.17, 15) is 9.59 Å². The molecule has 4 rings (SSSR count). The Morgan fingerprint density at radius 2 is 1.75 bits per heavy atom. The van der Waals surface area contributed by atoms with E-state index in [0.29, 0.717) is 25.5 Å². The highest BCUT2D eigenvalue weighted by atomic mass is 16.6. The number of hydrogen-bond donors (Lipinski definition) is 2. The molecule has 0 spiro atoms. The molecule has 1 aliphatic rings. The number of hydrogen-bond acceptors (Lipinski definition) is 8. The predicted octanol–water partition coefficient (Wildman–Crippen LogP) is 4.86. The fraction of sp³-hybridized carbons (Fsp3) is 0.467. The van der Waals surface area contributed by atoms with Crippen molar-refractivity contribution in [1.82, 2.24) is 20.2 Å². The molecule has 0 saturated carbocycles. The van der Waals surface area contributed by atoms with Gasteiger partial charge in [0.05, 0.1) is 25.8 Å². The topological polar surface area (TPSA) is 115 Å². The molecule has 2 heterocycles. The maximum atomic E-state index is 12.9. The summed E-state index contributed by atoms with van der Waals surface area (Å²) in [5.74, 6) is 1.87. The van der Waals surface area contributed by atoms with E-state index in [0.717, 1.165) is 44.7 Å². The van der Waals surface area contributed by atoms with E-state index in [1.165, 1.54) is 6.92 Å². The Bertz CT molecular complexity index is 1390. The molecule has 1 saturated heterocycles. The Balaban J connectivity index is 1.56. The van der Waals surface area contributed by atoms with Crippen LogP contribution in [0.3, 0.4) is 0 Å². The molecule has 0 bridgehead atoms. The molecule has 2 aromatic carbocycles. The monoisotopic (exact) mass is 549 g/mol. The lowest BCUT2D eigenvalue weighted by molar-refractivity contribution is -0.119. The number of aromatic nitrogens is 2. The highest BCUT2D eigenvalue weighted by molar-refractivity contribution is 5.87. The lowest BCUT2D eigenvalue weighted by Gasteiger charge is -2.28. The van der Waals surface area contributed by atoms with Crippen molar-refractivity contribution in [2.24, 2.45) is 0 Å². The maximum Gasteiger partial charge on any atom is 0.410 e. The maximum absolute atomic E-state index is 12.9. The van der Waals surface area contributed by atoms with Crippen LogP contribution >= 0.6 is 0 Å². The molecule has 1 aliphatic heterocycles. The van der Waals surface area contributed by atoms with Crippen molar-refractivity contribution in [3.05, 3.63) is 41.6 Å². The van der Waals surface area contributed by atoms with Crippen LogP contribution in [0.25, 0.3) is 22.0 Å². The Morgan fingerprint density at radius 1 is 1.07 bits per heavy atom. The zero-order valence-corrected chi connectivity index (χ0v) is 24.5. The molecule has 1 aromatic heterocycles. The minimum Gasteiger partial charge on any atom is -0.496 e. The van der Waals surface area contributed by atoms with Gasteiger partial charge in [0.1, 0.15) is 17.1 Å². The minimum absolute atomic E-state index is 0.0995. The molecule has 214 valence electrons. The van der Waals surface area contributed by atoms with E-state index < -0.39 is 11.7 Å². The first-order valence-electron chi connectivity index (χ1n) is 13.4. The summed E-state index contributed by atoms with van der Waals surface area (Å²) < 4.78 is 16.8. The number of carbonyl (C=O) groups is 2. The van der Waals surface area contributed by atoms with Crippen molar-refractivity contribution in [1.29, 1.82) is 0 Å². The molecule has 10 nitrogen and oxygen atoms in total. The number of amides is 2. The average molecular weight is 550 g/mol. The fourth-order valence-electron chi connectivity index (χ4n) is 5.18. The van der Waals surface area contributed by atoms with E-state index in [-0.39, 0.29) is 18.0 Å². The van der Waals surface area contributed by atoms with Crippen molar-refractivity contribution < 1.29 is 23.8 Å². The number of ether oxygens (including phenoxy) is 3. The molecule has 40 heavy (non-hydrogen) atoms. The number of benzene rings is 2. The summed E-state index contributed by atoms with van der Waals surface area (Å²) in [6.45, 7) is 11.8. The molecule has 0 radical (unpaired) electrons. The van der Waals surface area contributed by atoms with Gasteiger partial charge in [0.15, 0.2) is 0 Å². The second-order valence-corrected chi connectivity index (χ2v) is 11.2. The van der Waals surface area contributed by atoms with Crippen LogP contribution in [0.15, 0.2) is 30.5 Å². The number of rotatable bonds is 7. The number of nitrogens with zero attached hydrogens (tertiary/aromatic N) is 3. The van der Waals surface area contributed by atoms with Gasteiger partial charge in [-0.3, -0.25) is 4.79 Å². The first-order chi connectivity index (χ1) is 18.9. The van der Waals surface area contributed by atoms with E-state index in [1.54, 1.807) is 25.3 Å². The number of likely N-dealkylation sites (tertiary alicyclic amines) is 1. The van der Waals surface area contributed by atoms with Crippen LogP contribution in [-0.4, -0.2) is 71.9 Å². The quantitative estimate of drug-likeness (QED) is 0.430. The van der Waals surface area contributed by atoms with Gasteiger partial charge < -0.3 is 29.7 Å². The van der Waals surface area contributed by atoms with E-state index in [4.69, 9.17) is 19.2 Å². The van der Waals surface area contributed by atoms with Crippen molar-refractivity contribution >= 4 is 28.9 Å². The van der Waals surface area contributed by atoms with E-state index in [2.05, 4.69) is 21.7 Å². The molecule has 0 aliphatic carbocycles. The molecule has 3 aromatic rings. The highest BCUT2D eigenvalue weighted by Gasteiger charge is 2.38. The standard InChI is InChI=1S/C30H39N5O5/c1-17-25(38-7)13-26(39-8)18(2)27(17)20-9-10-24-21(11-20)14-32-28(34-24)33-22-12-23(15-31-19(3)36)35(16-22)29(37)40-30(4,5)6/h9-11,13-14,22-23H,12,15-16H2,1-8H3,(H,31,36)(H,32,33,34). The Hall–Kier alpha value is -4.08. The van der Waals surface area contributed by atoms with Crippen LogP contribution in [0.2, 0.25) is 0 Å². The largest absolute Gasteiger partial charge is 0.496 e. The molecule has 1 fully saturated rings. The fourth-order valence-corrected chi connectivity index (χ4v) is 5.18. The summed E-state index contributed by atoms with van der Waals surface area (Å²) in [4.78, 5) is 35.4. The summed E-state index contributed by atoms with van der Waals surface area (Å²) in [7, 11) is 3.31. The zero-order chi connectivity index (χ0) is 29.2. The van der Waals surface area contributed by atoms with Crippen molar-refractivity contribution in [2.45, 2.75) is 65.6 Å². The van der Waals surface area contributed by atoms with Gasteiger partial charge in [-0.15, -0.1) is 0 Å². The molecule has 2 atom stereocenters. The number of methoxy groups -OCH3 is 2. The Morgan fingerprint density at radius 3 is 2.35 bits per heavy atom. The van der Waals surface area contributed by atoms with Crippen molar-refractivity contribution in [3.8, 4) is 22.6 Å². The van der Waals surface area contributed by atoms with E-state index in [1.807, 2.05) is 52.8 Å². The lowest BCUT2D eigenvalue weighted by Crippen LogP contribution is -2.45. The SMILES string of the molecule is COc1cc(OC)c(C)c(-c2ccc3nc(NC4CC(CNC(C)=O)N(C(=O)OC(C)(C)C)C4)ncc3c2)c1C. The minimum atomic E-state index is -0.617. The van der Waals surface area contributed by atoms with Crippen molar-refractivity contribution in [3.63, 3.8) is 0 Å². The van der Waals surface area contributed by atoms with Gasteiger partial charge in [0, 0.05) is 43.7 Å². The molecule has 2 N–H and O–H groups in total. The third-order valence-electron chi connectivity index (χ3n) is 7.02. The van der Waals surface area contributed by atoms with Crippen LogP contribution in [0.4, 0.5) is 10.7 Å². The molecule has 2 amide bonds. The van der Waals surface area contributed by atoms with Gasteiger partial charge in [0.2, 0.25) is 11.9 Å². The summed E-state index contributed by atoms with van der Waals surface area (Å²) in [6.07, 6.45) is 2.01. The molecule has 10 heteroatoms. The third-order valence-corrected chi connectivity index (χ3v) is 7.02. The normalized spacial score (nSPS) is 17.1. The smallest absolute Gasteiger partial charge is 0.410 e. The van der Waals surface area contributed by atoms with Gasteiger partial charge in [-0.25, -0.2) is 14.8 Å². The van der Waals surface area contributed by atoms with Gasteiger partial charge in [-0.05, 0) is 75.4 Å². The summed E-state index contributed by atoms with van der Waals surface area (Å²) in [5, 5.41) is 7.09. The van der Waals surface area contributed by atoms with Crippen molar-refractivity contribution in [2.75, 3.05) is 32.6 Å². The second-order valence-electron chi connectivity index (χ2n) is 11.2. The van der Waals surface area contributed by atoms with Crippen LogP contribution in [-0.2, 0) is 9.53 Å². The van der Waals surface area contributed by atoms with Crippen LogP contribution in [0.1, 0.15) is 45.2 Å².